The molecule has 1 aromatic heterocycles. The number of rotatable bonds is 8. The lowest BCUT2D eigenvalue weighted by atomic mass is 10.1. The van der Waals surface area contributed by atoms with Crippen LogP contribution in [0.3, 0.4) is 0 Å². The highest BCUT2D eigenvalue weighted by Crippen LogP contribution is 2.33. The van der Waals surface area contributed by atoms with Gasteiger partial charge in [0.2, 0.25) is 11.9 Å². The van der Waals surface area contributed by atoms with Gasteiger partial charge >= 0.3 is 0 Å². The third-order valence-electron chi connectivity index (χ3n) is 4.37. The summed E-state index contributed by atoms with van der Waals surface area (Å²) in [5.41, 5.74) is 7.64. The summed E-state index contributed by atoms with van der Waals surface area (Å²) in [6.07, 6.45) is 5.35. The molecule has 0 aliphatic heterocycles. The molecule has 5 N–H and O–H groups in total. The van der Waals surface area contributed by atoms with Crippen LogP contribution in [0.5, 0.6) is 0 Å². The summed E-state index contributed by atoms with van der Waals surface area (Å²) < 4.78 is 28.2. The fraction of sp³-hybridized carbons (Fsp3) is 0.120. The average molecular weight is 558 g/mol. The highest BCUT2D eigenvalue weighted by Gasteiger charge is 2.15. The summed E-state index contributed by atoms with van der Waals surface area (Å²) in [6.45, 7) is 7.43. The van der Waals surface area contributed by atoms with E-state index >= 15 is 0 Å². The number of carbonyl (C=O) groups is 1. The number of hydrogen-bond donors (Lipinski definition) is 4. The Kier molecular flexibility index (Phi) is 10.7. The second-order valence-electron chi connectivity index (χ2n) is 6.74. The van der Waals surface area contributed by atoms with E-state index in [0.29, 0.717) is 22.6 Å². The summed E-state index contributed by atoms with van der Waals surface area (Å²) in [5.74, 6) is -1.51. The minimum atomic E-state index is -0.773. The van der Waals surface area contributed by atoms with E-state index in [-0.39, 0.29) is 27.7 Å². The Balaban J connectivity index is 0.00000222. The second kappa shape index (κ2) is 13.7. The molecule has 0 saturated carbocycles. The van der Waals surface area contributed by atoms with E-state index in [4.69, 9.17) is 5.73 Å². The average Bonchev–Trinajstić information content (AvgIpc) is 2.88. The predicted molar refractivity (Wildman–Crippen MR) is 145 cm³/mol. The van der Waals surface area contributed by atoms with Gasteiger partial charge in [-0.2, -0.15) is 4.98 Å². The molecular weight excluding hydrogens is 532 g/mol. The van der Waals surface area contributed by atoms with Gasteiger partial charge < -0.3 is 21.7 Å². The Bertz CT molecular complexity index is 1270. The Morgan fingerprint density at radius 3 is 2.42 bits per heavy atom. The van der Waals surface area contributed by atoms with Gasteiger partial charge in [0, 0.05) is 42.6 Å². The summed E-state index contributed by atoms with van der Waals surface area (Å²) in [5, 5.41) is 8.68. The number of nitrogens with two attached hydrogens (primary N) is 1. The lowest BCUT2D eigenvalue weighted by molar-refractivity contribution is -0.111. The van der Waals surface area contributed by atoms with Crippen LogP contribution in [-0.4, -0.2) is 29.1 Å². The summed E-state index contributed by atoms with van der Waals surface area (Å²) in [4.78, 5) is 24.2. The molecule has 0 radical (unpaired) electrons. The number of aromatic nitrogens is 2. The number of allylic oxidation sites excluding steroid dienone is 1. The number of carbonyl (C=O) groups excluding carboxylic acids is 1. The van der Waals surface area contributed by atoms with Crippen molar-refractivity contribution in [3.63, 3.8) is 0 Å². The van der Waals surface area contributed by atoms with Crippen LogP contribution >= 0.6 is 15.9 Å². The third kappa shape index (κ3) is 7.44. The van der Waals surface area contributed by atoms with Gasteiger partial charge in [0.15, 0.2) is 0 Å². The Labute approximate surface area is 216 Å². The number of nitrogens with one attached hydrogen (secondary N) is 3. The van der Waals surface area contributed by atoms with Crippen molar-refractivity contribution in [2.45, 2.75) is 13.8 Å². The van der Waals surface area contributed by atoms with Crippen molar-refractivity contribution in [2.75, 3.05) is 23.0 Å². The number of amides is 1. The normalized spacial score (nSPS) is 10.9. The smallest absolute Gasteiger partial charge is 0.247 e. The molecule has 2 aromatic carbocycles. The number of hydrogen-bond acceptors (Lipinski definition) is 7. The van der Waals surface area contributed by atoms with Gasteiger partial charge in [-0.15, -0.1) is 0 Å². The molecule has 0 saturated heterocycles. The zero-order valence-corrected chi connectivity index (χ0v) is 21.5. The number of aliphatic imine (C=N–C) groups is 1. The number of benzene rings is 2. The van der Waals surface area contributed by atoms with E-state index in [9.17, 15) is 13.6 Å². The molecule has 0 atom stereocenters. The van der Waals surface area contributed by atoms with Crippen molar-refractivity contribution in [2.24, 2.45) is 10.7 Å². The molecule has 0 fully saturated rings. The summed E-state index contributed by atoms with van der Waals surface area (Å²) in [6, 6.07) is 9.15. The molecule has 3 rings (SSSR count). The number of halogens is 3. The van der Waals surface area contributed by atoms with Gasteiger partial charge in [0.05, 0.1) is 10.2 Å². The first kappa shape index (κ1) is 28.1. The van der Waals surface area contributed by atoms with Gasteiger partial charge in [-0.3, -0.25) is 9.79 Å². The molecule has 188 valence electrons. The molecular formula is C25H26BrF2N7O. The molecule has 11 heteroatoms. The lowest BCUT2D eigenvalue weighted by Gasteiger charge is -2.15. The van der Waals surface area contributed by atoms with Gasteiger partial charge in [-0.25, -0.2) is 13.8 Å². The second-order valence-corrected chi connectivity index (χ2v) is 7.54. The third-order valence-corrected chi connectivity index (χ3v) is 5.12. The first-order valence-corrected chi connectivity index (χ1v) is 11.6. The quantitative estimate of drug-likeness (QED) is 0.153. The van der Waals surface area contributed by atoms with Crippen LogP contribution in [0.25, 0.3) is 11.1 Å². The topological polar surface area (TPSA) is 117 Å². The summed E-state index contributed by atoms with van der Waals surface area (Å²) in [7, 11) is 1.58. The van der Waals surface area contributed by atoms with E-state index < -0.39 is 11.6 Å². The van der Waals surface area contributed by atoms with Crippen LogP contribution < -0.4 is 21.7 Å². The standard InChI is InChI=1S/C23H20BrF2N7O.C2H6/c1-3-20(34)30-14-5-4-6-15(9-14)31-22-17(13-7-18(25)21(24)19(26)8-13)12-29-23(33-22)32-16(10-27)11-28-2;1-2/h3-12H,1,27H2,2H3,(H,30,34)(H2,29,31,32,33);1-2H3/b16-10+,28-11?;. The maximum Gasteiger partial charge on any atom is 0.247 e. The zero-order valence-electron chi connectivity index (χ0n) is 19.9. The Morgan fingerprint density at radius 1 is 1.14 bits per heavy atom. The van der Waals surface area contributed by atoms with Crippen LogP contribution in [0.2, 0.25) is 0 Å². The maximum atomic E-state index is 14.2. The van der Waals surface area contributed by atoms with E-state index in [1.807, 2.05) is 13.8 Å². The summed E-state index contributed by atoms with van der Waals surface area (Å²) >= 11 is 2.87. The first-order chi connectivity index (χ1) is 17.3. The molecule has 0 unspecified atom stereocenters. The van der Waals surface area contributed by atoms with E-state index in [0.717, 1.165) is 6.08 Å². The van der Waals surface area contributed by atoms with E-state index in [1.165, 1.54) is 30.7 Å². The van der Waals surface area contributed by atoms with Gasteiger partial charge in [0.25, 0.3) is 0 Å². The first-order valence-electron chi connectivity index (χ1n) is 10.8. The van der Waals surface area contributed by atoms with Crippen molar-refractivity contribution in [3.8, 4) is 11.1 Å². The Hall–Kier alpha value is -4.12. The molecule has 0 bridgehead atoms. The fourth-order valence-electron chi connectivity index (χ4n) is 2.85. The molecule has 0 aliphatic rings. The fourth-order valence-corrected chi connectivity index (χ4v) is 3.08. The van der Waals surface area contributed by atoms with E-state index in [2.05, 4.69) is 53.4 Å². The molecule has 1 heterocycles. The largest absolute Gasteiger partial charge is 0.403 e. The van der Waals surface area contributed by atoms with Crippen molar-refractivity contribution >= 4 is 51.2 Å². The highest BCUT2D eigenvalue weighted by atomic mass is 79.9. The van der Waals surface area contributed by atoms with Gasteiger partial charge in [-0.05, 0) is 57.9 Å². The molecule has 3 aromatic rings. The van der Waals surface area contributed by atoms with Crippen molar-refractivity contribution in [1.82, 2.24) is 9.97 Å². The van der Waals surface area contributed by atoms with Crippen LogP contribution in [0, 0.1) is 11.6 Å². The molecule has 36 heavy (non-hydrogen) atoms. The predicted octanol–water partition coefficient (Wildman–Crippen LogP) is 5.99. The van der Waals surface area contributed by atoms with Crippen LogP contribution in [0.15, 0.2) is 76.6 Å². The molecule has 8 nitrogen and oxygen atoms in total. The SMILES string of the molecule is C=CC(=O)Nc1cccc(Nc2nc(N/C(C=NC)=C/N)ncc2-c2cc(F)c(Br)c(F)c2)c1.CC. The van der Waals surface area contributed by atoms with E-state index in [1.54, 1.807) is 31.3 Å². The van der Waals surface area contributed by atoms with Crippen molar-refractivity contribution in [3.05, 3.63) is 83.3 Å². The van der Waals surface area contributed by atoms with Gasteiger partial charge in [-0.1, -0.05) is 26.5 Å². The Morgan fingerprint density at radius 2 is 1.81 bits per heavy atom. The minimum Gasteiger partial charge on any atom is -0.403 e. The van der Waals surface area contributed by atoms with Crippen LogP contribution in [0.1, 0.15) is 13.8 Å². The molecule has 0 spiro atoms. The highest BCUT2D eigenvalue weighted by molar-refractivity contribution is 9.10. The van der Waals surface area contributed by atoms with Crippen LogP contribution in [-0.2, 0) is 4.79 Å². The monoisotopic (exact) mass is 557 g/mol. The zero-order chi connectivity index (χ0) is 26.7. The molecule has 1 amide bonds. The van der Waals surface area contributed by atoms with Crippen molar-refractivity contribution < 1.29 is 13.6 Å². The lowest BCUT2D eigenvalue weighted by Crippen LogP contribution is -2.09. The number of anilines is 4. The van der Waals surface area contributed by atoms with Crippen molar-refractivity contribution in [1.29, 1.82) is 0 Å². The minimum absolute atomic E-state index is 0.164. The van der Waals surface area contributed by atoms with Crippen LogP contribution in [0.4, 0.5) is 31.9 Å². The maximum absolute atomic E-state index is 14.2. The molecule has 0 aliphatic carbocycles. The number of nitrogens with zero attached hydrogens (tertiary/aromatic N) is 3. The van der Waals surface area contributed by atoms with Gasteiger partial charge in [0.1, 0.15) is 17.5 Å².